The number of benzene rings is 2. The lowest BCUT2D eigenvalue weighted by atomic mass is 10.0. The molecule has 1 aromatic heterocycles. The first-order chi connectivity index (χ1) is 12.6. The van der Waals surface area contributed by atoms with Gasteiger partial charge in [-0.25, -0.2) is 4.68 Å². The average Bonchev–Trinajstić information content (AvgIpc) is 3.17. The van der Waals surface area contributed by atoms with Gasteiger partial charge in [0.1, 0.15) is 6.33 Å². The lowest BCUT2D eigenvalue weighted by molar-refractivity contribution is 0.0944. The summed E-state index contributed by atoms with van der Waals surface area (Å²) in [6.45, 7) is 4.05. The maximum absolute atomic E-state index is 12.7. The summed E-state index contributed by atoms with van der Waals surface area (Å²) in [5.41, 5.74) is 4.50. The summed E-state index contributed by atoms with van der Waals surface area (Å²) in [6.07, 6.45) is 3.54. The Balaban J connectivity index is 2.00. The summed E-state index contributed by atoms with van der Waals surface area (Å²) in [7, 11) is 0. The quantitative estimate of drug-likeness (QED) is 0.725. The van der Waals surface area contributed by atoms with Gasteiger partial charge in [0, 0.05) is 17.4 Å². The molecule has 7 heteroatoms. The smallest absolute Gasteiger partial charge is 0.251 e. The van der Waals surface area contributed by atoms with Gasteiger partial charge in [0.2, 0.25) is 0 Å². The van der Waals surface area contributed by atoms with Crippen molar-refractivity contribution >= 4 is 17.7 Å². The fourth-order valence-electron chi connectivity index (χ4n) is 2.67. The Kier molecular flexibility index (Phi) is 5.68. The van der Waals surface area contributed by atoms with Gasteiger partial charge in [-0.15, -0.1) is 5.10 Å². The second-order valence-corrected chi connectivity index (χ2v) is 7.13. The number of amides is 1. The van der Waals surface area contributed by atoms with E-state index >= 15 is 0 Å². The number of carbonyl (C=O) groups is 1. The van der Waals surface area contributed by atoms with Gasteiger partial charge in [-0.1, -0.05) is 29.8 Å². The molecule has 1 unspecified atom stereocenters. The number of thioether (sulfide) groups is 1. The van der Waals surface area contributed by atoms with Gasteiger partial charge in [-0.2, -0.15) is 11.8 Å². The van der Waals surface area contributed by atoms with Crippen LogP contribution in [0.5, 0.6) is 0 Å². The second-order valence-electron chi connectivity index (χ2n) is 6.22. The third-order valence-corrected chi connectivity index (χ3v) is 4.81. The van der Waals surface area contributed by atoms with E-state index in [1.54, 1.807) is 22.5 Å². The van der Waals surface area contributed by atoms with Gasteiger partial charge in [0.25, 0.3) is 5.91 Å². The Hall–Kier alpha value is -2.67. The lowest BCUT2D eigenvalue weighted by Gasteiger charge is -2.14. The highest BCUT2D eigenvalue weighted by atomic mass is 32.2. The van der Waals surface area contributed by atoms with Gasteiger partial charge >= 0.3 is 0 Å². The molecule has 0 aliphatic carbocycles. The van der Waals surface area contributed by atoms with E-state index in [0.29, 0.717) is 5.56 Å². The summed E-state index contributed by atoms with van der Waals surface area (Å²) >= 11 is 1.70. The van der Waals surface area contributed by atoms with Gasteiger partial charge < -0.3 is 5.32 Å². The molecule has 0 fully saturated rings. The highest BCUT2D eigenvalue weighted by Crippen LogP contribution is 2.24. The summed E-state index contributed by atoms with van der Waals surface area (Å²) < 4.78 is 1.56. The molecular formula is C19H21N5OS. The molecule has 0 saturated carbocycles. The third kappa shape index (κ3) is 4.29. The third-order valence-electron chi connectivity index (χ3n) is 3.97. The number of aryl methyl sites for hydroxylation is 1. The van der Waals surface area contributed by atoms with E-state index in [4.69, 9.17) is 0 Å². The standard InChI is InChI=1S/C19H21N5OS/c1-13-4-6-15(7-5-13)16-8-17(19(25)21-14(2)11-26-3)10-18(9-16)24-12-20-22-23-24/h4-10,12,14H,11H2,1-3H3,(H,21,25). The summed E-state index contributed by atoms with van der Waals surface area (Å²) in [5.74, 6) is 0.762. The molecule has 0 bridgehead atoms. The van der Waals surface area contributed by atoms with Crippen molar-refractivity contribution in [3.05, 3.63) is 59.9 Å². The molecule has 0 spiro atoms. The fraction of sp³-hybridized carbons (Fsp3) is 0.263. The number of aromatic nitrogens is 4. The molecule has 1 N–H and O–H groups in total. The molecule has 3 aromatic rings. The maximum atomic E-state index is 12.7. The molecule has 26 heavy (non-hydrogen) atoms. The van der Waals surface area contributed by atoms with Gasteiger partial charge in [-0.3, -0.25) is 4.79 Å². The topological polar surface area (TPSA) is 72.7 Å². The Morgan fingerprint density at radius 3 is 2.62 bits per heavy atom. The number of hydrogen-bond donors (Lipinski definition) is 1. The van der Waals surface area contributed by atoms with E-state index in [0.717, 1.165) is 22.6 Å². The SMILES string of the molecule is CSCC(C)NC(=O)c1cc(-c2ccc(C)cc2)cc(-n2cnnn2)c1. The molecule has 1 heterocycles. The monoisotopic (exact) mass is 367 g/mol. The van der Waals surface area contributed by atoms with Crippen molar-refractivity contribution in [3.63, 3.8) is 0 Å². The van der Waals surface area contributed by atoms with Crippen LogP contribution in [0.2, 0.25) is 0 Å². The maximum Gasteiger partial charge on any atom is 0.251 e. The zero-order chi connectivity index (χ0) is 18.5. The van der Waals surface area contributed by atoms with Crippen molar-refractivity contribution < 1.29 is 4.79 Å². The molecule has 3 rings (SSSR count). The van der Waals surface area contributed by atoms with Crippen LogP contribution in [0.4, 0.5) is 0 Å². The van der Waals surface area contributed by atoms with Crippen LogP contribution >= 0.6 is 11.8 Å². The van der Waals surface area contributed by atoms with Crippen molar-refractivity contribution in [2.75, 3.05) is 12.0 Å². The van der Waals surface area contributed by atoms with E-state index in [9.17, 15) is 4.79 Å². The zero-order valence-corrected chi connectivity index (χ0v) is 15.8. The van der Waals surface area contributed by atoms with Crippen LogP contribution in [0.3, 0.4) is 0 Å². The van der Waals surface area contributed by atoms with Crippen molar-refractivity contribution in [3.8, 4) is 16.8 Å². The molecule has 6 nitrogen and oxygen atoms in total. The number of carbonyl (C=O) groups excluding carboxylic acids is 1. The van der Waals surface area contributed by atoms with Crippen LogP contribution in [-0.4, -0.2) is 44.2 Å². The minimum absolute atomic E-state index is 0.0945. The molecule has 0 aliphatic heterocycles. The predicted octanol–water partition coefficient (Wildman–Crippen LogP) is 3.12. The van der Waals surface area contributed by atoms with Crippen molar-refractivity contribution in [2.24, 2.45) is 0 Å². The van der Waals surface area contributed by atoms with Crippen molar-refractivity contribution in [1.29, 1.82) is 0 Å². The Labute approximate surface area is 157 Å². The lowest BCUT2D eigenvalue weighted by Crippen LogP contribution is -2.34. The minimum atomic E-state index is -0.102. The molecule has 0 aliphatic rings. The molecule has 2 aromatic carbocycles. The number of nitrogens with one attached hydrogen (secondary N) is 1. The van der Waals surface area contributed by atoms with Crippen LogP contribution in [0.25, 0.3) is 16.8 Å². The minimum Gasteiger partial charge on any atom is -0.349 e. The Morgan fingerprint density at radius 2 is 1.96 bits per heavy atom. The molecule has 0 saturated heterocycles. The number of tetrazole rings is 1. The van der Waals surface area contributed by atoms with Crippen molar-refractivity contribution in [2.45, 2.75) is 19.9 Å². The molecule has 1 atom stereocenters. The summed E-state index contributed by atoms with van der Waals surface area (Å²) in [4.78, 5) is 12.7. The largest absolute Gasteiger partial charge is 0.349 e. The van der Waals surface area contributed by atoms with E-state index in [2.05, 4.69) is 33.0 Å². The second kappa shape index (κ2) is 8.14. The van der Waals surface area contributed by atoms with Crippen molar-refractivity contribution in [1.82, 2.24) is 25.5 Å². The van der Waals surface area contributed by atoms with Crippen LogP contribution in [0.1, 0.15) is 22.8 Å². The van der Waals surface area contributed by atoms with Gasteiger partial charge in [0.15, 0.2) is 0 Å². The number of rotatable bonds is 6. The zero-order valence-electron chi connectivity index (χ0n) is 15.0. The first kappa shape index (κ1) is 18.1. The Bertz CT molecular complexity index is 877. The van der Waals surface area contributed by atoms with E-state index in [1.165, 1.54) is 11.9 Å². The Morgan fingerprint density at radius 1 is 1.19 bits per heavy atom. The normalized spacial score (nSPS) is 12.0. The highest BCUT2D eigenvalue weighted by molar-refractivity contribution is 7.98. The molecule has 134 valence electrons. The van der Waals surface area contributed by atoms with Gasteiger partial charge in [0.05, 0.1) is 5.69 Å². The van der Waals surface area contributed by atoms with Crippen LogP contribution in [-0.2, 0) is 0 Å². The first-order valence-electron chi connectivity index (χ1n) is 8.32. The van der Waals surface area contributed by atoms with Crippen LogP contribution in [0, 0.1) is 6.92 Å². The van der Waals surface area contributed by atoms with Crippen LogP contribution in [0.15, 0.2) is 48.8 Å². The fourth-order valence-corrected chi connectivity index (χ4v) is 3.25. The van der Waals surface area contributed by atoms with E-state index < -0.39 is 0 Å². The average molecular weight is 367 g/mol. The first-order valence-corrected chi connectivity index (χ1v) is 9.71. The van der Waals surface area contributed by atoms with E-state index in [-0.39, 0.29) is 11.9 Å². The van der Waals surface area contributed by atoms with E-state index in [1.807, 2.05) is 44.4 Å². The molecule has 1 amide bonds. The summed E-state index contributed by atoms with van der Waals surface area (Å²) in [5, 5.41) is 14.4. The predicted molar refractivity (Wildman–Crippen MR) is 105 cm³/mol. The van der Waals surface area contributed by atoms with Crippen LogP contribution < -0.4 is 5.32 Å². The highest BCUT2D eigenvalue weighted by Gasteiger charge is 2.13. The molecule has 0 radical (unpaired) electrons. The summed E-state index contributed by atoms with van der Waals surface area (Å²) in [6, 6.07) is 14.0. The number of nitrogens with zero attached hydrogens (tertiary/aromatic N) is 4. The van der Waals surface area contributed by atoms with Gasteiger partial charge in [-0.05, 0) is 59.9 Å². The number of hydrogen-bond acceptors (Lipinski definition) is 5. The molecular weight excluding hydrogens is 346 g/mol.